The molecule has 0 atom stereocenters. The van der Waals surface area contributed by atoms with E-state index >= 15 is 0 Å². The molecular weight excluding hydrogens is 671 g/mol. The van der Waals surface area contributed by atoms with Crippen LogP contribution in [0.1, 0.15) is 0 Å². The van der Waals surface area contributed by atoms with Crippen molar-refractivity contribution in [1.29, 1.82) is 0 Å². The van der Waals surface area contributed by atoms with Crippen LogP contribution in [0.25, 0.3) is 75.5 Å². The Bertz CT molecular complexity index is 2920. The maximum absolute atomic E-state index is 2.39. The summed E-state index contributed by atoms with van der Waals surface area (Å²) in [7, 11) is 0. The van der Waals surface area contributed by atoms with Gasteiger partial charge in [-0.2, -0.15) is 0 Å². The van der Waals surface area contributed by atoms with Crippen molar-refractivity contribution < 1.29 is 0 Å². The van der Waals surface area contributed by atoms with E-state index in [0.717, 1.165) is 17.1 Å². The van der Waals surface area contributed by atoms with Crippen LogP contribution in [0.2, 0.25) is 0 Å². The predicted molar refractivity (Wildman–Crippen MR) is 233 cm³/mol. The first-order valence-electron chi connectivity index (χ1n) is 18.4. The van der Waals surface area contributed by atoms with Gasteiger partial charge < -0.3 is 4.90 Å². The lowest BCUT2D eigenvalue weighted by Gasteiger charge is -2.28. The molecule has 0 aliphatic heterocycles. The average molecular weight is 706 g/mol. The van der Waals surface area contributed by atoms with Gasteiger partial charge in [-0.3, -0.25) is 0 Å². The van der Waals surface area contributed by atoms with E-state index in [-0.39, 0.29) is 0 Å². The van der Waals surface area contributed by atoms with E-state index in [1.54, 1.807) is 0 Å². The quantitative estimate of drug-likeness (QED) is 0.160. The van der Waals surface area contributed by atoms with Crippen molar-refractivity contribution in [2.45, 2.75) is 0 Å². The van der Waals surface area contributed by atoms with Crippen LogP contribution in [-0.4, -0.2) is 0 Å². The van der Waals surface area contributed by atoms with E-state index in [0.29, 0.717) is 0 Å². The Kier molecular flexibility index (Phi) is 8.09. The van der Waals surface area contributed by atoms with Crippen LogP contribution >= 0.6 is 11.3 Å². The van der Waals surface area contributed by atoms with Gasteiger partial charge >= 0.3 is 0 Å². The summed E-state index contributed by atoms with van der Waals surface area (Å²) in [6.45, 7) is 0. The van der Waals surface area contributed by atoms with Crippen molar-refractivity contribution in [3.05, 3.63) is 212 Å². The second kappa shape index (κ2) is 13.7. The molecule has 254 valence electrons. The van der Waals surface area contributed by atoms with Crippen molar-refractivity contribution in [2.75, 3.05) is 4.90 Å². The zero-order valence-electron chi connectivity index (χ0n) is 29.6. The summed E-state index contributed by atoms with van der Waals surface area (Å²) in [5, 5.41) is 5.17. The molecule has 0 aliphatic rings. The monoisotopic (exact) mass is 705 g/mol. The Morgan fingerprint density at radius 1 is 0.315 bits per heavy atom. The SMILES string of the molecule is c1ccc(-c2ccccc2N(c2ccc(-c3cccc(-c4cccc5ccccc45)c3)cc2)c2ccc(-c3cccc4sc5ccccc5c34)cc2)cc1. The molecule has 0 saturated carbocycles. The fourth-order valence-corrected chi connectivity index (χ4v) is 9.04. The standard InChI is InChI=1S/C52H35NS/c1-2-13-38(14-3-1)46-20-6-8-24-49(46)53(43-33-29-39(30-34-43)47-23-12-26-51-52(47)48-21-7-9-25-50(48)54-51)42-31-27-36(28-32-42)40-17-10-18-41(35-40)45-22-11-16-37-15-4-5-19-44(37)45/h1-35H. The molecular formula is C52H35NS. The first-order chi connectivity index (χ1) is 26.8. The molecule has 10 rings (SSSR count). The highest BCUT2D eigenvalue weighted by atomic mass is 32.1. The maximum Gasteiger partial charge on any atom is 0.0540 e. The number of rotatable bonds is 7. The summed E-state index contributed by atoms with van der Waals surface area (Å²) in [6, 6.07) is 77.0. The number of benzene rings is 9. The van der Waals surface area contributed by atoms with Gasteiger partial charge in [-0.05, 0) is 98.2 Å². The lowest BCUT2D eigenvalue weighted by molar-refractivity contribution is 1.28. The van der Waals surface area contributed by atoms with Crippen LogP contribution in [0.5, 0.6) is 0 Å². The largest absolute Gasteiger partial charge is 0.310 e. The van der Waals surface area contributed by atoms with Gasteiger partial charge in [0.05, 0.1) is 5.69 Å². The Morgan fingerprint density at radius 3 is 1.69 bits per heavy atom. The van der Waals surface area contributed by atoms with Crippen LogP contribution in [0.3, 0.4) is 0 Å². The molecule has 2 heteroatoms. The molecule has 10 aromatic rings. The summed E-state index contributed by atoms with van der Waals surface area (Å²) in [5.74, 6) is 0. The number of anilines is 3. The van der Waals surface area contributed by atoms with Gasteiger partial charge in [-0.25, -0.2) is 0 Å². The molecule has 0 bridgehead atoms. The average Bonchev–Trinajstić information content (AvgIpc) is 3.64. The van der Waals surface area contributed by atoms with Crippen molar-refractivity contribution in [2.24, 2.45) is 0 Å². The number of hydrogen-bond donors (Lipinski definition) is 0. The minimum absolute atomic E-state index is 1.10. The number of fused-ring (bicyclic) bond motifs is 4. The summed E-state index contributed by atoms with van der Waals surface area (Å²) in [4.78, 5) is 2.39. The van der Waals surface area contributed by atoms with Gasteiger partial charge in [0.2, 0.25) is 0 Å². The molecule has 1 aromatic heterocycles. The minimum atomic E-state index is 1.10. The van der Waals surface area contributed by atoms with Crippen LogP contribution in [0.4, 0.5) is 17.1 Å². The Hall–Kier alpha value is -6.74. The van der Waals surface area contributed by atoms with Crippen molar-refractivity contribution in [3.63, 3.8) is 0 Å². The molecule has 0 unspecified atom stereocenters. The fourth-order valence-electron chi connectivity index (χ4n) is 7.91. The molecule has 0 amide bonds. The molecule has 0 fully saturated rings. The first kappa shape index (κ1) is 32.0. The summed E-state index contributed by atoms with van der Waals surface area (Å²) in [6.07, 6.45) is 0. The zero-order valence-corrected chi connectivity index (χ0v) is 30.4. The fraction of sp³-hybridized carbons (Fsp3) is 0. The van der Waals surface area contributed by atoms with Crippen LogP contribution in [0.15, 0.2) is 212 Å². The predicted octanol–water partition coefficient (Wildman–Crippen LogP) is 15.3. The Balaban J connectivity index is 1.06. The summed E-state index contributed by atoms with van der Waals surface area (Å²) in [5.41, 5.74) is 13.0. The van der Waals surface area contributed by atoms with Crippen molar-refractivity contribution in [3.8, 4) is 44.5 Å². The van der Waals surface area contributed by atoms with E-state index < -0.39 is 0 Å². The number of thiophene rings is 1. The van der Waals surface area contributed by atoms with E-state index in [9.17, 15) is 0 Å². The zero-order chi connectivity index (χ0) is 35.8. The normalized spacial score (nSPS) is 11.3. The van der Waals surface area contributed by atoms with Crippen molar-refractivity contribution in [1.82, 2.24) is 0 Å². The molecule has 1 heterocycles. The molecule has 1 nitrogen and oxygen atoms in total. The van der Waals surface area contributed by atoms with E-state index in [1.807, 2.05) is 11.3 Å². The van der Waals surface area contributed by atoms with E-state index in [2.05, 4.69) is 217 Å². The molecule has 0 radical (unpaired) electrons. The van der Waals surface area contributed by atoms with Gasteiger partial charge in [-0.15, -0.1) is 11.3 Å². The lowest BCUT2D eigenvalue weighted by Crippen LogP contribution is -2.11. The maximum atomic E-state index is 2.39. The van der Waals surface area contributed by atoms with E-state index in [1.165, 1.54) is 75.5 Å². The molecule has 0 saturated heterocycles. The van der Waals surface area contributed by atoms with Gasteiger partial charge in [0.15, 0.2) is 0 Å². The highest BCUT2D eigenvalue weighted by Crippen LogP contribution is 2.44. The highest BCUT2D eigenvalue weighted by Gasteiger charge is 2.18. The Morgan fingerprint density at radius 2 is 0.852 bits per heavy atom. The second-order valence-electron chi connectivity index (χ2n) is 13.7. The molecule has 54 heavy (non-hydrogen) atoms. The number of nitrogens with zero attached hydrogens (tertiary/aromatic N) is 1. The van der Waals surface area contributed by atoms with Gasteiger partial charge in [0.25, 0.3) is 0 Å². The van der Waals surface area contributed by atoms with Crippen LogP contribution in [0, 0.1) is 0 Å². The number of para-hydroxylation sites is 1. The Labute approximate surface area is 319 Å². The third kappa shape index (κ3) is 5.74. The third-order valence-electron chi connectivity index (χ3n) is 10.5. The highest BCUT2D eigenvalue weighted by molar-refractivity contribution is 7.25. The smallest absolute Gasteiger partial charge is 0.0540 e. The molecule has 0 aliphatic carbocycles. The van der Waals surface area contributed by atoms with Gasteiger partial charge in [-0.1, -0.05) is 164 Å². The van der Waals surface area contributed by atoms with E-state index in [4.69, 9.17) is 0 Å². The van der Waals surface area contributed by atoms with Crippen LogP contribution < -0.4 is 4.90 Å². The minimum Gasteiger partial charge on any atom is -0.310 e. The molecule has 0 N–H and O–H groups in total. The summed E-state index contributed by atoms with van der Waals surface area (Å²) >= 11 is 1.86. The van der Waals surface area contributed by atoms with Crippen LogP contribution in [-0.2, 0) is 0 Å². The topological polar surface area (TPSA) is 3.24 Å². The second-order valence-corrected chi connectivity index (χ2v) is 14.8. The first-order valence-corrected chi connectivity index (χ1v) is 19.2. The van der Waals surface area contributed by atoms with Gasteiger partial charge in [0.1, 0.15) is 0 Å². The third-order valence-corrected chi connectivity index (χ3v) is 11.6. The lowest BCUT2D eigenvalue weighted by atomic mass is 9.95. The number of hydrogen-bond acceptors (Lipinski definition) is 2. The van der Waals surface area contributed by atoms with Crippen molar-refractivity contribution >= 4 is 59.3 Å². The molecule has 9 aromatic carbocycles. The summed E-state index contributed by atoms with van der Waals surface area (Å²) < 4.78 is 2.64. The van der Waals surface area contributed by atoms with Gasteiger partial charge in [0, 0.05) is 37.1 Å². The molecule has 0 spiro atoms.